The van der Waals surface area contributed by atoms with Crippen molar-refractivity contribution in [3.8, 4) is 5.75 Å². The fourth-order valence-electron chi connectivity index (χ4n) is 3.65. The summed E-state index contributed by atoms with van der Waals surface area (Å²) in [5, 5.41) is 19.1. The smallest absolute Gasteiger partial charge is 0.319 e. The van der Waals surface area contributed by atoms with E-state index in [9.17, 15) is 14.7 Å². The third kappa shape index (κ3) is 7.23. The molecule has 33 heavy (non-hydrogen) atoms. The van der Waals surface area contributed by atoms with Gasteiger partial charge in [-0.15, -0.1) is 0 Å². The van der Waals surface area contributed by atoms with Crippen molar-refractivity contribution in [3.63, 3.8) is 0 Å². The van der Waals surface area contributed by atoms with Gasteiger partial charge in [0.2, 0.25) is 5.91 Å². The van der Waals surface area contributed by atoms with Gasteiger partial charge in [0.25, 0.3) is 0 Å². The zero-order valence-electron chi connectivity index (χ0n) is 18.1. The minimum atomic E-state index is -0.616. The van der Waals surface area contributed by atoms with Crippen LogP contribution in [0.3, 0.4) is 0 Å². The molecule has 1 aliphatic rings. The Kier molecular flexibility index (Phi) is 9.20. The summed E-state index contributed by atoms with van der Waals surface area (Å²) in [4.78, 5) is 24.8. The van der Waals surface area contributed by atoms with Gasteiger partial charge in [0, 0.05) is 6.54 Å². The van der Waals surface area contributed by atoms with Gasteiger partial charge in [-0.05, 0) is 42.7 Å². The molecule has 1 fully saturated rings. The highest BCUT2D eigenvalue weighted by Gasteiger charge is 2.33. The Balaban J connectivity index is 1.46. The first kappa shape index (κ1) is 25.1. The van der Waals surface area contributed by atoms with Crippen LogP contribution in [0, 0.1) is 0 Å². The number of urea groups is 1. The summed E-state index contributed by atoms with van der Waals surface area (Å²) in [5.74, 6) is 0.362. The second-order valence-electron chi connectivity index (χ2n) is 7.69. The maximum atomic E-state index is 12.4. The summed E-state index contributed by atoms with van der Waals surface area (Å²) in [5.41, 5.74) is 1.37. The zero-order valence-corrected chi connectivity index (χ0v) is 19.7. The Morgan fingerprint density at radius 1 is 1.15 bits per heavy atom. The third-order valence-electron chi connectivity index (χ3n) is 5.35. The Morgan fingerprint density at radius 2 is 1.94 bits per heavy atom. The quantitative estimate of drug-likeness (QED) is 0.446. The molecular formula is C23H27Cl2N3O5. The molecule has 178 valence electrons. The van der Waals surface area contributed by atoms with Gasteiger partial charge >= 0.3 is 6.03 Å². The minimum absolute atomic E-state index is 0.151. The maximum absolute atomic E-state index is 12.4. The van der Waals surface area contributed by atoms with Crippen molar-refractivity contribution < 1.29 is 24.2 Å². The van der Waals surface area contributed by atoms with Crippen LogP contribution >= 0.6 is 23.2 Å². The van der Waals surface area contributed by atoms with Gasteiger partial charge in [-0.3, -0.25) is 4.79 Å². The molecule has 3 atom stereocenters. The number of ether oxygens (including phenoxy) is 2. The number of rotatable bonds is 8. The molecule has 1 saturated heterocycles. The van der Waals surface area contributed by atoms with Crippen molar-refractivity contribution in [1.82, 2.24) is 10.6 Å². The Bertz CT molecular complexity index is 975. The summed E-state index contributed by atoms with van der Waals surface area (Å²) < 4.78 is 11.1. The van der Waals surface area contributed by atoms with Crippen molar-refractivity contribution in [2.75, 3.05) is 19.0 Å². The number of methoxy groups -OCH3 is 1. The van der Waals surface area contributed by atoms with Crippen molar-refractivity contribution in [3.05, 3.63) is 58.1 Å². The van der Waals surface area contributed by atoms with E-state index in [1.54, 1.807) is 42.5 Å². The first-order valence-corrected chi connectivity index (χ1v) is 11.3. The molecular weight excluding hydrogens is 469 g/mol. The molecule has 2 aromatic carbocycles. The average molecular weight is 496 g/mol. The normalized spacial score (nSPS) is 20.1. The van der Waals surface area contributed by atoms with E-state index in [1.165, 1.54) is 7.11 Å². The summed E-state index contributed by atoms with van der Waals surface area (Å²) >= 11 is 11.9. The number of aliphatic hydroxyl groups excluding tert-OH is 1. The number of amides is 3. The molecule has 4 N–H and O–H groups in total. The van der Waals surface area contributed by atoms with E-state index in [0.29, 0.717) is 40.9 Å². The number of halogens is 2. The Hall–Kier alpha value is -2.52. The monoisotopic (exact) mass is 495 g/mol. The van der Waals surface area contributed by atoms with E-state index in [-0.39, 0.29) is 31.1 Å². The fraction of sp³-hybridized carbons (Fsp3) is 0.391. The summed E-state index contributed by atoms with van der Waals surface area (Å²) in [6, 6.07) is 11.4. The standard InChI is InChI=1S/C23H27Cl2N3O5/c1-32-20-5-3-2-4-18(20)27-23(31)28-19-9-7-15(33-21(19)13-29)11-22(30)26-12-14-6-8-16(24)17(25)10-14/h2-6,8,10,15,19,21,29H,7,9,11-13H2,1H3,(H,26,30)(H2,27,28,31)/t15-,19-,21-/m1/s1. The number of carbonyl (C=O) groups is 2. The van der Waals surface area contributed by atoms with Gasteiger partial charge in [0.1, 0.15) is 11.9 Å². The summed E-state index contributed by atoms with van der Waals surface area (Å²) in [7, 11) is 1.52. The number of anilines is 1. The number of benzene rings is 2. The highest BCUT2D eigenvalue weighted by molar-refractivity contribution is 6.42. The van der Waals surface area contributed by atoms with Crippen LogP contribution < -0.4 is 20.7 Å². The molecule has 0 aromatic heterocycles. The molecule has 0 bridgehead atoms. The van der Waals surface area contributed by atoms with E-state index in [2.05, 4.69) is 16.0 Å². The highest BCUT2D eigenvalue weighted by atomic mass is 35.5. The lowest BCUT2D eigenvalue weighted by molar-refractivity contribution is -0.130. The molecule has 3 rings (SSSR count). The van der Waals surface area contributed by atoms with Gasteiger partial charge in [-0.1, -0.05) is 41.4 Å². The molecule has 0 saturated carbocycles. The molecule has 3 amide bonds. The average Bonchev–Trinajstić information content (AvgIpc) is 2.81. The van der Waals surface area contributed by atoms with Crippen LogP contribution in [0.4, 0.5) is 10.5 Å². The first-order chi connectivity index (χ1) is 15.9. The number of hydrogen-bond donors (Lipinski definition) is 4. The number of hydrogen-bond acceptors (Lipinski definition) is 5. The zero-order chi connectivity index (χ0) is 23.8. The van der Waals surface area contributed by atoms with Crippen molar-refractivity contribution in [1.29, 1.82) is 0 Å². The molecule has 0 spiro atoms. The van der Waals surface area contributed by atoms with Crippen LogP contribution in [-0.4, -0.2) is 49.0 Å². The fourth-order valence-corrected chi connectivity index (χ4v) is 3.97. The van der Waals surface area contributed by atoms with Crippen LogP contribution in [0.1, 0.15) is 24.8 Å². The lowest BCUT2D eigenvalue weighted by atomic mass is 9.97. The lowest BCUT2D eigenvalue weighted by Gasteiger charge is -2.36. The highest BCUT2D eigenvalue weighted by Crippen LogP contribution is 2.25. The van der Waals surface area contributed by atoms with Crippen molar-refractivity contribution in [2.24, 2.45) is 0 Å². The van der Waals surface area contributed by atoms with Crippen LogP contribution in [0.5, 0.6) is 5.75 Å². The van der Waals surface area contributed by atoms with Crippen LogP contribution in [-0.2, 0) is 16.1 Å². The molecule has 1 heterocycles. The predicted molar refractivity (Wildman–Crippen MR) is 127 cm³/mol. The van der Waals surface area contributed by atoms with Crippen LogP contribution in [0.2, 0.25) is 10.0 Å². The molecule has 0 unspecified atom stereocenters. The second kappa shape index (κ2) is 12.1. The van der Waals surface area contributed by atoms with Gasteiger partial charge in [-0.25, -0.2) is 4.79 Å². The third-order valence-corrected chi connectivity index (χ3v) is 6.09. The van der Waals surface area contributed by atoms with Gasteiger partial charge < -0.3 is 30.5 Å². The van der Waals surface area contributed by atoms with Gasteiger partial charge in [-0.2, -0.15) is 0 Å². The Morgan fingerprint density at radius 3 is 2.67 bits per heavy atom. The summed E-state index contributed by atoms with van der Waals surface area (Å²) in [6.45, 7) is 0.0418. The molecule has 10 heteroatoms. The van der Waals surface area contributed by atoms with E-state index >= 15 is 0 Å². The van der Waals surface area contributed by atoms with E-state index in [1.807, 2.05) is 0 Å². The lowest BCUT2D eigenvalue weighted by Crippen LogP contribution is -2.52. The molecule has 0 aliphatic carbocycles. The number of nitrogens with one attached hydrogen (secondary N) is 3. The topological polar surface area (TPSA) is 109 Å². The summed E-state index contributed by atoms with van der Waals surface area (Å²) in [6.07, 6.45) is 0.310. The minimum Gasteiger partial charge on any atom is -0.495 e. The van der Waals surface area contributed by atoms with Crippen molar-refractivity contribution in [2.45, 2.75) is 44.1 Å². The van der Waals surface area contributed by atoms with Gasteiger partial charge in [0.15, 0.2) is 0 Å². The number of aliphatic hydroxyl groups is 1. The SMILES string of the molecule is COc1ccccc1NC(=O)N[C@@H]1CC[C@H](CC(=O)NCc2ccc(Cl)c(Cl)c2)O[C@@H]1CO. The second-order valence-corrected chi connectivity index (χ2v) is 8.51. The predicted octanol–water partition coefficient (Wildman–Crippen LogP) is 3.74. The van der Waals surface area contributed by atoms with Crippen LogP contribution in [0.25, 0.3) is 0 Å². The molecule has 1 aliphatic heterocycles. The number of para-hydroxylation sites is 2. The molecule has 8 nitrogen and oxygen atoms in total. The largest absolute Gasteiger partial charge is 0.495 e. The van der Waals surface area contributed by atoms with Crippen LogP contribution in [0.15, 0.2) is 42.5 Å². The first-order valence-electron chi connectivity index (χ1n) is 10.6. The van der Waals surface area contributed by atoms with Gasteiger partial charge in [0.05, 0.1) is 48.0 Å². The van der Waals surface area contributed by atoms with E-state index < -0.39 is 12.1 Å². The van der Waals surface area contributed by atoms with E-state index in [4.69, 9.17) is 32.7 Å². The molecule has 0 radical (unpaired) electrons. The van der Waals surface area contributed by atoms with Crippen molar-refractivity contribution >= 4 is 40.8 Å². The van der Waals surface area contributed by atoms with E-state index in [0.717, 1.165) is 5.56 Å². The molecule has 2 aromatic rings. The number of carbonyl (C=O) groups excluding carboxylic acids is 2. The maximum Gasteiger partial charge on any atom is 0.319 e. The Labute approximate surface area is 202 Å².